The highest BCUT2D eigenvalue weighted by atomic mass is 32.2. The summed E-state index contributed by atoms with van der Waals surface area (Å²) in [5.41, 5.74) is 0.202. The highest BCUT2D eigenvalue weighted by molar-refractivity contribution is 7.99. The molecular weight excluding hydrogens is 350 g/mol. The normalized spacial score (nSPS) is 18.4. The number of nitrogens with zero attached hydrogens (tertiary/aromatic N) is 3. The lowest BCUT2D eigenvalue weighted by Gasteiger charge is -2.34. The molecule has 1 aromatic rings. The summed E-state index contributed by atoms with van der Waals surface area (Å²) in [5, 5.41) is 2.99. The van der Waals surface area contributed by atoms with Crippen LogP contribution in [0.1, 0.15) is 23.2 Å². The summed E-state index contributed by atoms with van der Waals surface area (Å²) in [4.78, 5) is 32.0. The number of aromatic nitrogens is 1. The van der Waals surface area contributed by atoms with Gasteiger partial charge >= 0.3 is 0 Å². The molecule has 1 saturated heterocycles. The van der Waals surface area contributed by atoms with E-state index < -0.39 is 5.76 Å². The van der Waals surface area contributed by atoms with Crippen molar-refractivity contribution in [3.63, 3.8) is 0 Å². The molecule has 0 aromatic carbocycles. The number of hydrogen-bond donors (Lipinski definition) is 1. The van der Waals surface area contributed by atoms with Crippen molar-refractivity contribution in [3.05, 3.63) is 23.9 Å². The zero-order valence-corrected chi connectivity index (χ0v) is 14.5. The third-order valence-electron chi connectivity index (χ3n) is 4.17. The quantitative estimate of drug-likeness (QED) is 0.768. The molecule has 136 valence electrons. The van der Waals surface area contributed by atoms with Gasteiger partial charge in [-0.25, -0.2) is 4.98 Å². The van der Waals surface area contributed by atoms with Crippen molar-refractivity contribution in [1.82, 2.24) is 20.1 Å². The van der Waals surface area contributed by atoms with E-state index in [2.05, 4.69) is 10.3 Å². The number of pyridine rings is 1. The minimum Gasteiger partial charge on any atom is -0.352 e. The van der Waals surface area contributed by atoms with Crippen molar-refractivity contribution in [1.29, 1.82) is 0 Å². The maximum absolute atomic E-state index is 12.6. The summed E-state index contributed by atoms with van der Waals surface area (Å²) < 4.78 is 25.3. The third kappa shape index (κ3) is 5.12. The first-order valence-electron chi connectivity index (χ1n) is 8.24. The topological polar surface area (TPSA) is 65.5 Å². The maximum atomic E-state index is 12.6. The van der Waals surface area contributed by atoms with Crippen LogP contribution in [0, 0.1) is 0 Å². The average molecular weight is 370 g/mol. The summed E-state index contributed by atoms with van der Waals surface area (Å²) in [6.45, 7) is 2.42. The molecule has 2 amide bonds. The molecule has 1 saturated carbocycles. The van der Waals surface area contributed by atoms with E-state index in [1.54, 1.807) is 11.0 Å². The highest BCUT2D eigenvalue weighted by Crippen LogP contribution is 2.27. The second-order valence-corrected chi connectivity index (χ2v) is 7.12. The van der Waals surface area contributed by atoms with Crippen molar-refractivity contribution in [2.75, 3.05) is 32.7 Å². The number of halogens is 2. The van der Waals surface area contributed by atoms with Gasteiger partial charge in [-0.15, -0.1) is 0 Å². The average Bonchev–Trinajstić information content (AvgIpc) is 3.39. The Morgan fingerprint density at radius 1 is 1.28 bits per heavy atom. The van der Waals surface area contributed by atoms with Gasteiger partial charge in [0.1, 0.15) is 5.03 Å². The van der Waals surface area contributed by atoms with Gasteiger partial charge in [-0.3, -0.25) is 14.5 Å². The smallest absolute Gasteiger partial charge is 0.290 e. The fourth-order valence-corrected chi connectivity index (χ4v) is 3.29. The van der Waals surface area contributed by atoms with Crippen molar-refractivity contribution in [3.8, 4) is 0 Å². The second-order valence-electron chi connectivity index (χ2n) is 6.14. The molecule has 25 heavy (non-hydrogen) atoms. The summed E-state index contributed by atoms with van der Waals surface area (Å²) in [7, 11) is 0. The monoisotopic (exact) mass is 370 g/mol. The fourth-order valence-electron chi connectivity index (χ4n) is 2.72. The number of carbonyl (C=O) groups excluding carboxylic acids is 2. The van der Waals surface area contributed by atoms with Crippen molar-refractivity contribution >= 4 is 23.6 Å². The van der Waals surface area contributed by atoms with Gasteiger partial charge in [-0.05, 0) is 36.7 Å². The van der Waals surface area contributed by atoms with Crippen LogP contribution in [-0.4, -0.2) is 71.1 Å². The Balaban J connectivity index is 1.53. The molecule has 2 heterocycles. The molecule has 1 N–H and O–H groups in total. The Bertz CT molecular complexity index is 634. The molecule has 0 spiro atoms. The van der Waals surface area contributed by atoms with Gasteiger partial charge < -0.3 is 10.2 Å². The molecule has 1 aliphatic heterocycles. The van der Waals surface area contributed by atoms with E-state index in [1.807, 2.05) is 4.90 Å². The van der Waals surface area contributed by atoms with Crippen molar-refractivity contribution < 1.29 is 18.4 Å². The number of thioether (sulfide) groups is 1. The zero-order valence-electron chi connectivity index (χ0n) is 13.7. The van der Waals surface area contributed by atoms with Crippen LogP contribution in [0.4, 0.5) is 8.78 Å². The number of carbonyl (C=O) groups is 2. The zero-order chi connectivity index (χ0) is 17.8. The summed E-state index contributed by atoms with van der Waals surface area (Å²) in [6, 6.07) is 3.43. The largest absolute Gasteiger partial charge is 0.352 e. The first kappa shape index (κ1) is 18.1. The van der Waals surface area contributed by atoms with Gasteiger partial charge in [-0.1, -0.05) is 0 Å². The van der Waals surface area contributed by atoms with Crippen LogP contribution >= 0.6 is 11.8 Å². The Hall–Kier alpha value is -1.74. The number of amides is 2. The first-order chi connectivity index (χ1) is 12.0. The molecular formula is C16H20F2N4O2S. The number of rotatable bonds is 6. The molecule has 0 atom stereocenters. The molecule has 1 aliphatic carbocycles. The minimum atomic E-state index is -2.62. The van der Waals surface area contributed by atoms with Crippen LogP contribution in [0.25, 0.3) is 0 Å². The van der Waals surface area contributed by atoms with Crippen LogP contribution in [-0.2, 0) is 4.79 Å². The van der Waals surface area contributed by atoms with Gasteiger partial charge in [0.05, 0.1) is 12.1 Å². The predicted octanol–water partition coefficient (Wildman–Crippen LogP) is 1.43. The van der Waals surface area contributed by atoms with Crippen LogP contribution in [0.3, 0.4) is 0 Å². The van der Waals surface area contributed by atoms with Crippen LogP contribution in [0.2, 0.25) is 0 Å². The van der Waals surface area contributed by atoms with E-state index in [-0.39, 0.29) is 34.2 Å². The Morgan fingerprint density at radius 3 is 2.64 bits per heavy atom. The van der Waals surface area contributed by atoms with Crippen molar-refractivity contribution in [2.24, 2.45) is 0 Å². The molecule has 0 unspecified atom stereocenters. The molecule has 1 aromatic heterocycles. The molecule has 0 radical (unpaired) electrons. The number of piperazine rings is 1. The standard InChI is InChI=1S/C16H20F2N4O2S/c17-16(18)25-14-12(2-1-5-19-14)15(24)22-8-6-21(7-9-22)10-13(23)20-11-3-4-11/h1-2,5,11,16H,3-4,6-10H2,(H,20,23). The number of hydrogen-bond acceptors (Lipinski definition) is 5. The van der Waals surface area contributed by atoms with Gasteiger partial charge in [0.15, 0.2) is 0 Å². The van der Waals surface area contributed by atoms with E-state index in [1.165, 1.54) is 12.3 Å². The first-order valence-corrected chi connectivity index (χ1v) is 9.11. The SMILES string of the molecule is O=C(CN1CCN(C(=O)c2cccnc2SC(F)F)CC1)NC1CC1. The summed E-state index contributed by atoms with van der Waals surface area (Å²) in [6.07, 6.45) is 3.51. The van der Waals surface area contributed by atoms with Gasteiger partial charge in [0, 0.05) is 38.4 Å². The van der Waals surface area contributed by atoms with E-state index >= 15 is 0 Å². The van der Waals surface area contributed by atoms with Gasteiger partial charge in [-0.2, -0.15) is 8.78 Å². The Labute approximate surface area is 149 Å². The van der Waals surface area contributed by atoms with Crippen LogP contribution in [0.15, 0.2) is 23.4 Å². The molecule has 2 aliphatic rings. The molecule has 2 fully saturated rings. The maximum Gasteiger partial charge on any atom is 0.290 e. The lowest BCUT2D eigenvalue weighted by atomic mass is 10.2. The molecule has 0 bridgehead atoms. The predicted molar refractivity (Wildman–Crippen MR) is 89.6 cm³/mol. The van der Waals surface area contributed by atoms with Crippen LogP contribution < -0.4 is 5.32 Å². The van der Waals surface area contributed by atoms with Crippen LogP contribution in [0.5, 0.6) is 0 Å². The highest BCUT2D eigenvalue weighted by Gasteiger charge is 2.28. The number of alkyl halides is 2. The van der Waals surface area contributed by atoms with E-state index in [4.69, 9.17) is 0 Å². The van der Waals surface area contributed by atoms with E-state index in [0.29, 0.717) is 38.8 Å². The van der Waals surface area contributed by atoms with E-state index in [9.17, 15) is 18.4 Å². The number of nitrogens with one attached hydrogen (secondary N) is 1. The molecule has 9 heteroatoms. The lowest BCUT2D eigenvalue weighted by molar-refractivity contribution is -0.122. The molecule has 6 nitrogen and oxygen atoms in total. The summed E-state index contributed by atoms with van der Waals surface area (Å²) in [5.74, 6) is -2.90. The lowest BCUT2D eigenvalue weighted by Crippen LogP contribution is -2.51. The van der Waals surface area contributed by atoms with Crippen molar-refractivity contribution in [2.45, 2.75) is 29.7 Å². The Morgan fingerprint density at radius 2 is 2.00 bits per heavy atom. The Kier molecular flexibility index (Phi) is 5.85. The van der Waals surface area contributed by atoms with E-state index in [0.717, 1.165) is 12.8 Å². The van der Waals surface area contributed by atoms with Gasteiger partial charge in [0.25, 0.3) is 11.7 Å². The fraction of sp³-hybridized carbons (Fsp3) is 0.562. The summed E-state index contributed by atoms with van der Waals surface area (Å²) >= 11 is 0.283. The molecule has 3 rings (SSSR count). The van der Waals surface area contributed by atoms with Gasteiger partial charge in [0.2, 0.25) is 5.91 Å². The second kappa shape index (κ2) is 8.09. The third-order valence-corrected chi connectivity index (χ3v) is 4.90. The minimum absolute atomic E-state index is 0.0187.